The lowest BCUT2D eigenvalue weighted by atomic mass is 9.93. The average Bonchev–Trinajstić information content (AvgIpc) is 2.20. The molecule has 1 fully saturated rings. The van der Waals surface area contributed by atoms with Crippen LogP contribution in [0.1, 0.15) is 34.1 Å². The van der Waals surface area contributed by atoms with E-state index in [1.807, 2.05) is 25.7 Å². The van der Waals surface area contributed by atoms with E-state index in [-0.39, 0.29) is 12.1 Å². The van der Waals surface area contributed by atoms with E-state index in [0.717, 1.165) is 0 Å². The van der Waals surface area contributed by atoms with Gasteiger partial charge in [0.2, 0.25) is 0 Å². The molecule has 3 atom stereocenters. The summed E-state index contributed by atoms with van der Waals surface area (Å²) in [4.78, 5) is 13.4. The Kier molecular flexibility index (Phi) is 3.73. The van der Waals surface area contributed by atoms with Crippen molar-refractivity contribution in [2.75, 3.05) is 13.2 Å². The van der Waals surface area contributed by atoms with Crippen LogP contribution in [0.2, 0.25) is 0 Å². The minimum Gasteiger partial charge on any atom is -0.480 e. The third-order valence-electron chi connectivity index (χ3n) is 3.39. The maximum absolute atomic E-state index is 11.3. The lowest BCUT2D eigenvalue weighted by Gasteiger charge is -2.45. The Labute approximate surface area is 91.2 Å². The number of carbonyl (C=O) groups is 1. The fourth-order valence-corrected chi connectivity index (χ4v) is 2.07. The second kappa shape index (κ2) is 4.49. The summed E-state index contributed by atoms with van der Waals surface area (Å²) in [5.74, 6) is -0.744. The summed E-state index contributed by atoms with van der Waals surface area (Å²) >= 11 is 0. The highest BCUT2D eigenvalue weighted by Gasteiger charge is 2.42. The molecule has 88 valence electrons. The monoisotopic (exact) mass is 215 g/mol. The molecule has 0 aromatic carbocycles. The fourth-order valence-electron chi connectivity index (χ4n) is 2.07. The number of carboxylic acids is 1. The highest BCUT2D eigenvalue weighted by Crippen LogP contribution is 2.26. The molecule has 3 unspecified atom stereocenters. The van der Waals surface area contributed by atoms with E-state index in [1.165, 1.54) is 0 Å². The fraction of sp³-hybridized carbons (Fsp3) is 0.909. The summed E-state index contributed by atoms with van der Waals surface area (Å²) in [6.45, 7) is 9.02. The molecule has 4 heteroatoms. The van der Waals surface area contributed by atoms with Crippen LogP contribution in [0.5, 0.6) is 0 Å². The van der Waals surface area contributed by atoms with Crippen molar-refractivity contribution in [1.29, 1.82) is 0 Å². The molecule has 4 nitrogen and oxygen atoms in total. The van der Waals surface area contributed by atoms with Crippen molar-refractivity contribution in [2.24, 2.45) is 0 Å². The maximum atomic E-state index is 11.3. The van der Waals surface area contributed by atoms with Gasteiger partial charge in [0.25, 0.3) is 0 Å². The van der Waals surface area contributed by atoms with Gasteiger partial charge in [-0.3, -0.25) is 9.69 Å². The van der Waals surface area contributed by atoms with Gasteiger partial charge in [-0.05, 0) is 27.2 Å². The molecule has 1 aliphatic heterocycles. The van der Waals surface area contributed by atoms with Crippen molar-refractivity contribution in [2.45, 2.75) is 51.8 Å². The highest BCUT2D eigenvalue weighted by atomic mass is 16.5. The molecule has 1 N–H and O–H groups in total. The Hall–Kier alpha value is -0.610. The smallest absolute Gasteiger partial charge is 0.323 e. The maximum Gasteiger partial charge on any atom is 0.323 e. The summed E-state index contributed by atoms with van der Waals surface area (Å²) in [5, 5.41) is 9.31. The van der Waals surface area contributed by atoms with Crippen LogP contribution in [0.4, 0.5) is 0 Å². The van der Waals surface area contributed by atoms with Gasteiger partial charge in [0, 0.05) is 12.6 Å². The van der Waals surface area contributed by atoms with Crippen LogP contribution >= 0.6 is 0 Å². The van der Waals surface area contributed by atoms with Gasteiger partial charge >= 0.3 is 5.97 Å². The summed E-state index contributed by atoms with van der Waals surface area (Å²) in [7, 11) is 0. The summed E-state index contributed by atoms with van der Waals surface area (Å²) in [6.07, 6.45) is 0.728. The van der Waals surface area contributed by atoms with E-state index in [2.05, 4.69) is 0 Å². The lowest BCUT2D eigenvalue weighted by molar-refractivity contribution is -0.160. The van der Waals surface area contributed by atoms with Crippen LogP contribution < -0.4 is 0 Å². The van der Waals surface area contributed by atoms with E-state index in [1.54, 1.807) is 6.92 Å². The van der Waals surface area contributed by atoms with Gasteiger partial charge in [0.1, 0.15) is 5.54 Å². The van der Waals surface area contributed by atoms with Gasteiger partial charge in [-0.1, -0.05) is 6.92 Å². The van der Waals surface area contributed by atoms with Crippen molar-refractivity contribution in [1.82, 2.24) is 4.90 Å². The van der Waals surface area contributed by atoms with Gasteiger partial charge in [-0.25, -0.2) is 0 Å². The molecule has 1 heterocycles. The third-order valence-corrected chi connectivity index (χ3v) is 3.39. The van der Waals surface area contributed by atoms with Crippen LogP contribution in [-0.4, -0.2) is 46.8 Å². The van der Waals surface area contributed by atoms with Gasteiger partial charge in [-0.15, -0.1) is 0 Å². The lowest BCUT2D eigenvalue weighted by Crippen LogP contribution is -2.61. The molecule has 0 radical (unpaired) electrons. The Morgan fingerprint density at radius 1 is 1.60 bits per heavy atom. The van der Waals surface area contributed by atoms with Crippen LogP contribution in [0.15, 0.2) is 0 Å². The van der Waals surface area contributed by atoms with Gasteiger partial charge in [0.05, 0.1) is 12.7 Å². The molecule has 0 aromatic rings. The first-order valence-corrected chi connectivity index (χ1v) is 5.53. The van der Waals surface area contributed by atoms with E-state index in [4.69, 9.17) is 4.74 Å². The van der Waals surface area contributed by atoms with E-state index < -0.39 is 11.5 Å². The minimum absolute atomic E-state index is 0.117. The number of hydrogen-bond acceptors (Lipinski definition) is 3. The summed E-state index contributed by atoms with van der Waals surface area (Å²) in [5.41, 5.74) is -0.766. The Bertz CT molecular complexity index is 244. The van der Waals surface area contributed by atoms with Gasteiger partial charge in [0.15, 0.2) is 0 Å². The van der Waals surface area contributed by atoms with Crippen LogP contribution in [-0.2, 0) is 9.53 Å². The molecule has 1 saturated heterocycles. The minimum atomic E-state index is -0.766. The zero-order valence-corrected chi connectivity index (χ0v) is 9.99. The Morgan fingerprint density at radius 3 is 2.67 bits per heavy atom. The van der Waals surface area contributed by atoms with Crippen molar-refractivity contribution < 1.29 is 14.6 Å². The van der Waals surface area contributed by atoms with Crippen molar-refractivity contribution in [3.05, 3.63) is 0 Å². The number of aliphatic carboxylic acids is 1. The molecule has 1 aliphatic rings. The second-order valence-corrected chi connectivity index (χ2v) is 4.58. The van der Waals surface area contributed by atoms with Crippen LogP contribution in [0.3, 0.4) is 0 Å². The molecule has 0 spiro atoms. The Morgan fingerprint density at radius 2 is 2.20 bits per heavy atom. The Balaban J connectivity index is 2.86. The standard InChI is InChI=1S/C11H21NO3/c1-5-11(4,10(13)14)12-6-9(3)15-7-8(12)2/h8-9H,5-7H2,1-4H3,(H,13,14). The first-order valence-electron chi connectivity index (χ1n) is 5.53. The molecular weight excluding hydrogens is 194 g/mol. The first-order chi connectivity index (χ1) is 6.91. The number of rotatable bonds is 3. The first kappa shape index (κ1) is 12.5. The van der Waals surface area contributed by atoms with Gasteiger partial charge < -0.3 is 9.84 Å². The zero-order chi connectivity index (χ0) is 11.6. The molecular formula is C11H21NO3. The molecule has 0 saturated carbocycles. The number of morpholine rings is 1. The summed E-state index contributed by atoms with van der Waals surface area (Å²) < 4.78 is 5.51. The second-order valence-electron chi connectivity index (χ2n) is 4.58. The number of carboxylic acid groups (broad SMARTS) is 1. The van der Waals surface area contributed by atoms with Crippen molar-refractivity contribution in [3.63, 3.8) is 0 Å². The molecule has 0 amide bonds. The zero-order valence-electron chi connectivity index (χ0n) is 9.99. The predicted molar refractivity (Wildman–Crippen MR) is 57.9 cm³/mol. The number of hydrogen-bond donors (Lipinski definition) is 1. The van der Waals surface area contributed by atoms with E-state index in [9.17, 15) is 9.90 Å². The molecule has 0 aliphatic carbocycles. The largest absolute Gasteiger partial charge is 0.480 e. The van der Waals surface area contributed by atoms with Crippen LogP contribution in [0.25, 0.3) is 0 Å². The molecule has 15 heavy (non-hydrogen) atoms. The van der Waals surface area contributed by atoms with Gasteiger partial charge in [-0.2, -0.15) is 0 Å². The normalized spacial score (nSPS) is 32.3. The number of nitrogens with zero attached hydrogens (tertiary/aromatic N) is 1. The van der Waals surface area contributed by atoms with E-state index >= 15 is 0 Å². The van der Waals surface area contributed by atoms with Crippen molar-refractivity contribution in [3.8, 4) is 0 Å². The molecule has 0 bridgehead atoms. The number of ether oxygens (including phenoxy) is 1. The van der Waals surface area contributed by atoms with E-state index in [0.29, 0.717) is 19.6 Å². The SMILES string of the molecule is CCC(C)(C(=O)O)N1CC(C)OCC1C. The van der Waals surface area contributed by atoms with Crippen LogP contribution in [0, 0.1) is 0 Å². The topological polar surface area (TPSA) is 49.8 Å². The highest BCUT2D eigenvalue weighted by molar-refractivity contribution is 5.78. The molecule has 0 aromatic heterocycles. The molecule has 1 rings (SSSR count). The predicted octanol–water partition coefficient (Wildman–Crippen LogP) is 1.35. The average molecular weight is 215 g/mol. The quantitative estimate of drug-likeness (QED) is 0.772. The summed E-state index contributed by atoms with van der Waals surface area (Å²) in [6, 6.07) is 0.169. The van der Waals surface area contributed by atoms with Crippen molar-refractivity contribution >= 4 is 5.97 Å². The third kappa shape index (κ3) is 2.32.